The minimum Gasteiger partial charge on any atom is -0.429 e. The lowest BCUT2D eigenvalue weighted by Gasteiger charge is -2.07. The highest BCUT2D eigenvalue weighted by Crippen LogP contribution is 2.15. The first kappa shape index (κ1) is 13.2. The van der Waals surface area contributed by atoms with Gasteiger partial charge in [0, 0.05) is 33.6 Å². The maximum absolute atomic E-state index is 5.82. The summed E-state index contributed by atoms with van der Waals surface area (Å²) in [6.45, 7) is 3.87. The van der Waals surface area contributed by atoms with Crippen LogP contribution in [0.5, 0.6) is 0 Å². The van der Waals surface area contributed by atoms with Gasteiger partial charge in [0.05, 0.1) is 0 Å². The Morgan fingerprint density at radius 2 is 2.25 bits per heavy atom. The number of hydrogen-bond donors (Lipinski definition) is 3. The number of rotatable bonds is 5. The predicted octanol–water partition coefficient (Wildman–Crippen LogP) is 0.820. The SMILES string of the molecule is CNC(=S)NCCNCc1nc(C)oc1Cl. The molecule has 0 fully saturated rings. The molecule has 1 heterocycles. The topological polar surface area (TPSA) is 62.1 Å². The smallest absolute Gasteiger partial charge is 0.218 e. The highest BCUT2D eigenvalue weighted by molar-refractivity contribution is 7.80. The summed E-state index contributed by atoms with van der Waals surface area (Å²) in [6, 6.07) is 0. The molecule has 0 spiro atoms. The number of nitrogens with zero attached hydrogens (tertiary/aromatic N) is 1. The number of oxazole rings is 1. The van der Waals surface area contributed by atoms with E-state index in [0.717, 1.165) is 18.8 Å². The lowest BCUT2D eigenvalue weighted by atomic mass is 10.4. The summed E-state index contributed by atoms with van der Waals surface area (Å²) < 4.78 is 5.10. The van der Waals surface area contributed by atoms with Crippen LogP contribution >= 0.6 is 23.8 Å². The average Bonchev–Trinajstić information content (AvgIpc) is 2.56. The zero-order valence-corrected chi connectivity index (χ0v) is 10.8. The average molecular weight is 263 g/mol. The number of aryl methyl sites for hydroxylation is 1. The second-order valence-corrected chi connectivity index (χ2v) is 3.89. The summed E-state index contributed by atoms with van der Waals surface area (Å²) in [4.78, 5) is 4.14. The lowest BCUT2D eigenvalue weighted by molar-refractivity contribution is 0.522. The van der Waals surface area contributed by atoms with Crippen molar-refractivity contribution in [1.82, 2.24) is 20.9 Å². The van der Waals surface area contributed by atoms with Gasteiger partial charge in [-0.2, -0.15) is 0 Å². The summed E-state index contributed by atoms with van der Waals surface area (Å²) in [5.74, 6) is 0.580. The molecule has 3 N–H and O–H groups in total. The molecule has 0 aliphatic carbocycles. The minimum atomic E-state index is 0.351. The third-order valence-electron chi connectivity index (χ3n) is 1.86. The van der Waals surface area contributed by atoms with Gasteiger partial charge in [0.2, 0.25) is 5.22 Å². The Morgan fingerprint density at radius 3 is 2.81 bits per heavy atom. The normalized spacial score (nSPS) is 10.2. The van der Waals surface area contributed by atoms with Crippen molar-refractivity contribution in [2.75, 3.05) is 20.1 Å². The van der Waals surface area contributed by atoms with E-state index in [1.807, 2.05) is 0 Å². The molecular formula is C9H15ClN4OS. The van der Waals surface area contributed by atoms with Gasteiger partial charge in [-0.3, -0.25) is 0 Å². The number of thiocarbonyl (C=S) groups is 1. The van der Waals surface area contributed by atoms with Crippen molar-refractivity contribution in [2.24, 2.45) is 0 Å². The Labute approximate surface area is 105 Å². The van der Waals surface area contributed by atoms with Crippen LogP contribution in [0.25, 0.3) is 0 Å². The van der Waals surface area contributed by atoms with Crippen LogP contribution in [0.1, 0.15) is 11.6 Å². The molecule has 7 heteroatoms. The highest BCUT2D eigenvalue weighted by Gasteiger charge is 2.07. The Kier molecular flexibility index (Phi) is 5.51. The predicted molar refractivity (Wildman–Crippen MR) is 67.6 cm³/mol. The van der Waals surface area contributed by atoms with E-state index < -0.39 is 0 Å². The maximum atomic E-state index is 5.82. The van der Waals surface area contributed by atoms with Crippen molar-refractivity contribution in [3.8, 4) is 0 Å². The molecule has 1 aromatic heterocycles. The fraction of sp³-hybridized carbons (Fsp3) is 0.556. The van der Waals surface area contributed by atoms with Crippen LogP contribution < -0.4 is 16.0 Å². The first-order chi connectivity index (χ1) is 7.63. The number of halogens is 1. The monoisotopic (exact) mass is 262 g/mol. The van der Waals surface area contributed by atoms with Crippen LogP contribution in [0.3, 0.4) is 0 Å². The second kappa shape index (κ2) is 6.67. The Bertz CT molecular complexity index is 355. The van der Waals surface area contributed by atoms with Gasteiger partial charge in [-0.25, -0.2) is 4.98 Å². The fourth-order valence-electron chi connectivity index (χ4n) is 1.11. The molecule has 1 aromatic rings. The van der Waals surface area contributed by atoms with Crippen molar-refractivity contribution < 1.29 is 4.42 Å². The van der Waals surface area contributed by atoms with E-state index in [1.54, 1.807) is 14.0 Å². The first-order valence-electron chi connectivity index (χ1n) is 4.91. The van der Waals surface area contributed by atoms with Crippen molar-refractivity contribution in [2.45, 2.75) is 13.5 Å². The fourth-order valence-corrected chi connectivity index (χ4v) is 1.44. The van der Waals surface area contributed by atoms with Crippen LogP contribution in [0.2, 0.25) is 5.22 Å². The van der Waals surface area contributed by atoms with E-state index in [1.165, 1.54) is 0 Å². The van der Waals surface area contributed by atoms with E-state index in [-0.39, 0.29) is 0 Å². The highest BCUT2D eigenvalue weighted by atomic mass is 35.5. The van der Waals surface area contributed by atoms with Gasteiger partial charge in [-0.15, -0.1) is 0 Å². The van der Waals surface area contributed by atoms with Crippen LogP contribution in [-0.2, 0) is 6.54 Å². The van der Waals surface area contributed by atoms with Crippen molar-refractivity contribution >= 4 is 28.9 Å². The summed E-state index contributed by atoms with van der Waals surface area (Å²) in [5, 5.41) is 10.0. The zero-order chi connectivity index (χ0) is 12.0. The molecular weight excluding hydrogens is 248 g/mol. The Balaban J connectivity index is 2.16. The molecule has 0 aliphatic heterocycles. The van der Waals surface area contributed by atoms with E-state index in [9.17, 15) is 0 Å². The van der Waals surface area contributed by atoms with Gasteiger partial charge in [0.15, 0.2) is 11.0 Å². The van der Waals surface area contributed by atoms with E-state index in [0.29, 0.717) is 22.8 Å². The van der Waals surface area contributed by atoms with E-state index in [2.05, 4.69) is 20.9 Å². The third-order valence-corrected chi connectivity index (χ3v) is 2.51. The van der Waals surface area contributed by atoms with Gasteiger partial charge >= 0.3 is 0 Å². The first-order valence-corrected chi connectivity index (χ1v) is 5.70. The van der Waals surface area contributed by atoms with Crippen LogP contribution in [0.4, 0.5) is 0 Å². The quantitative estimate of drug-likeness (QED) is 0.540. The molecule has 0 aliphatic rings. The van der Waals surface area contributed by atoms with E-state index >= 15 is 0 Å². The van der Waals surface area contributed by atoms with Crippen LogP contribution in [0.15, 0.2) is 4.42 Å². The van der Waals surface area contributed by atoms with Crippen molar-refractivity contribution in [3.05, 3.63) is 16.8 Å². The molecule has 0 unspecified atom stereocenters. The molecule has 90 valence electrons. The Morgan fingerprint density at radius 1 is 1.50 bits per heavy atom. The minimum absolute atomic E-state index is 0.351. The molecule has 16 heavy (non-hydrogen) atoms. The summed E-state index contributed by atoms with van der Waals surface area (Å²) in [5.41, 5.74) is 0.732. The van der Waals surface area contributed by atoms with Gasteiger partial charge in [-0.1, -0.05) is 0 Å². The van der Waals surface area contributed by atoms with Gasteiger partial charge < -0.3 is 20.4 Å². The van der Waals surface area contributed by atoms with Crippen LogP contribution in [0, 0.1) is 6.92 Å². The van der Waals surface area contributed by atoms with Gasteiger partial charge in [0.1, 0.15) is 5.69 Å². The molecule has 0 amide bonds. The Hall–Kier alpha value is -0.850. The van der Waals surface area contributed by atoms with E-state index in [4.69, 9.17) is 28.2 Å². The number of aromatic nitrogens is 1. The van der Waals surface area contributed by atoms with Crippen LogP contribution in [-0.4, -0.2) is 30.2 Å². The summed E-state index contributed by atoms with van der Waals surface area (Å²) in [6.07, 6.45) is 0. The second-order valence-electron chi connectivity index (χ2n) is 3.14. The molecule has 0 aromatic carbocycles. The molecule has 0 radical (unpaired) electrons. The maximum Gasteiger partial charge on any atom is 0.218 e. The van der Waals surface area contributed by atoms with Crippen molar-refractivity contribution in [3.63, 3.8) is 0 Å². The van der Waals surface area contributed by atoms with Gasteiger partial charge in [-0.05, 0) is 23.8 Å². The number of hydrogen-bond acceptors (Lipinski definition) is 4. The zero-order valence-electron chi connectivity index (χ0n) is 9.26. The molecule has 0 atom stereocenters. The molecule has 0 bridgehead atoms. The summed E-state index contributed by atoms with van der Waals surface area (Å²) in [7, 11) is 1.78. The summed E-state index contributed by atoms with van der Waals surface area (Å²) >= 11 is 10.7. The van der Waals surface area contributed by atoms with Crippen molar-refractivity contribution in [1.29, 1.82) is 0 Å². The number of nitrogens with one attached hydrogen (secondary N) is 3. The molecule has 0 saturated heterocycles. The molecule has 5 nitrogen and oxygen atoms in total. The third kappa shape index (κ3) is 4.34. The van der Waals surface area contributed by atoms with Gasteiger partial charge in [0.25, 0.3) is 0 Å². The largest absolute Gasteiger partial charge is 0.429 e. The standard InChI is InChI=1S/C9H15ClN4OS/c1-6-14-7(8(10)15-6)5-12-3-4-13-9(16)11-2/h12H,3-5H2,1-2H3,(H2,11,13,16). The molecule has 0 saturated carbocycles. The molecule has 1 rings (SSSR count). The lowest BCUT2D eigenvalue weighted by Crippen LogP contribution is -2.37.